The number of nitrogens with zero attached hydrogens (tertiary/aromatic N) is 4. The Morgan fingerprint density at radius 2 is 1.70 bits per heavy atom. The monoisotopic (exact) mass is 577 g/mol. The number of ether oxygens (including phenoxy) is 1. The molecule has 2 N–H and O–H groups in total. The highest BCUT2D eigenvalue weighted by atomic mass is 32.2. The molecular weight excluding hydrogens is 547 g/mol. The quantitative estimate of drug-likeness (QED) is 0.425. The lowest BCUT2D eigenvalue weighted by atomic mass is 10.2. The highest BCUT2D eigenvalue weighted by Gasteiger charge is 2.32. The van der Waals surface area contributed by atoms with Crippen molar-refractivity contribution in [3.63, 3.8) is 0 Å². The summed E-state index contributed by atoms with van der Waals surface area (Å²) in [6, 6.07) is 11.1. The van der Waals surface area contributed by atoms with Crippen molar-refractivity contribution >= 4 is 21.4 Å². The average Bonchev–Trinajstić information content (AvgIpc) is 3.43. The number of nitrogen functional groups attached to an aromatic ring is 1. The molecule has 0 radical (unpaired) electrons. The van der Waals surface area contributed by atoms with Gasteiger partial charge in [-0.1, -0.05) is 18.2 Å². The Balaban J connectivity index is 1.40. The molecule has 214 valence electrons. The van der Waals surface area contributed by atoms with Gasteiger partial charge in [0.25, 0.3) is 0 Å². The summed E-state index contributed by atoms with van der Waals surface area (Å²) in [5, 5.41) is 4.19. The van der Waals surface area contributed by atoms with E-state index in [9.17, 15) is 26.4 Å². The van der Waals surface area contributed by atoms with Crippen molar-refractivity contribution < 1.29 is 26.3 Å². The Labute approximate surface area is 230 Å². The third-order valence-electron chi connectivity index (χ3n) is 7.19. The number of anilines is 2. The highest BCUT2D eigenvalue weighted by molar-refractivity contribution is 7.88. The summed E-state index contributed by atoms with van der Waals surface area (Å²) in [4.78, 5) is 15.4. The minimum Gasteiger partial charge on any atom is -0.483 e. The SMILES string of the molecule is Nc1cccc(CS(=O)(=O)N2CCN(c3cnn(-c4cccc(C(F)(F)F)c4)c(=O)c3OC3CCCC3)CC2)c1. The first-order valence-electron chi connectivity index (χ1n) is 13.0. The van der Waals surface area contributed by atoms with E-state index in [0.29, 0.717) is 16.9 Å². The number of hydrogen-bond acceptors (Lipinski definition) is 7. The summed E-state index contributed by atoms with van der Waals surface area (Å²) in [5.74, 6) is -0.168. The number of sulfonamides is 1. The van der Waals surface area contributed by atoms with Crippen LogP contribution in [0.2, 0.25) is 0 Å². The minimum absolute atomic E-state index is 0.00961. The molecule has 0 amide bonds. The summed E-state index contributed by atoms with van der Waals surface area (Å²) in [5.41, 5.74) is 5.68. The van der Waals surface area contributed by atoms with Gasteiger partial charge in [0.2, 0.25) is 15.8 Å². The van der Waals surface area contributed by atoms with Gasteiger partial charge in [0.05, 0.1) is 29.3 Å². The molecular formula is C27H30F3N5O4S. The first kappa shape index (κ1) is 28.0. The van der Waals surface area contributed by atoms with Crippen LogP contribution in [0.3, 0.4) is 0 Å². The Hall–Kier alpha value is -3.58. The van der Waals surface area contributed by atoms with Gasteiger partial charge in [-0.15, -0.1) is 0 Å². The first-order chi connectivity index (χ1) is 19.0. The van der Waals surface area contributed by atoms with E-state index in [-0.39, 0.29) is 49.5 Å². The van der Waals surface area contributed by atoms with Gasteiger partial charge in [-0.25, -0.2) is 8.42 Å². The number of alkyl halides is 3. The van der Waals surface area contributed by atoms with Crippen molar-refractivity contribution in [1.29, 1.82) is 0 Å². The van der Waals surface area contributed by atoms with E-state index in [4.69, 9.17) is 10.5 Å². The number of rotatable bonds is 7. The normalized spacial score (nSPS) is 17.3. The summed E-state index contributed by atoms with van der Waals surface area (Å²) in [6.45, 7) is 0.937. The maximum atomic E-state index is 13.6. The van der Waals surface area contributed by atoms with Crippen molar-refractivity contribution in [2.45, 2.75) is 43.7 Å². The maximum absolute atomic E-state index is 13.6. The third-order valence-corrected chi connectivity index (χ3v) is 9.04. The zero-order valence-corrected chi connectivity index (χ0v) is 22.5. The van der Waals surface area contributed by atoms with Gasteiger partial charge in [-0.3, -0.25) is 4.79 Å². The third kappa shape index (κ3) is 6.09. The van der Waals surface area contributed by atoms with Crippen LogP contribution in [0.4, 0.5) is 24.5 Å². The fourth-order valence-corrected chi connectivity index (χ4v) is 6.63. The van der Waals surface area contributed by atoms with Crippen LogP contribution in [0.25, 0.3) is 5.69 Å². The van der Waals surface area contributed by atoms with Gasteiger partial charge in [0, 0.05) is 31.9 Å². The highest BCUT2D eigenvalue weighted by Crippen LogP contribution is 2.32. The second-order valence-electron chi connectivity index (χ2n) is 10.0. The van der Waals surface area contributed by atoms with E-state index in [0.717, 1.165) is 42.5 Å². The smallest absolute Gasteiger partial charge is 0.416 e. The number of piperazine rings is 1. The topological polar surface area (TPSA) is 111 Å². The molecule has 1 aliphatic carbocycles. The van der Waals surface area contributed by atoms with Crippen LogP contribution in [0.5, 0.6) is 5.75 Å². The first-order valence-corrected chi connectivity index (χ1v) is 14.7. The van der Waals surface area contributed by atoms with Gasteiger partial charge in [0.1, 0.15) is 5.69 Å². The van der Waals surface area contributed by atoms with Gasteiger partial charge < -0.3 is 15.4 Å². The van der Waals surface area contributed by atoms with Crippen LogP contribution in [0, 0.1) is 0 Å². The zero-order chi connectivity index (χ0) is 28.5. The molecule has 2 aromatic carbocycles. The molecule has 0 spiro atoms. The Bertz CT molecular complexity index is 1530. The van der Waals surface area contributed by atoms with Crippen molar-refractivity contribution in [2.75, 3.05) is 36.8 Å². The Kier molecular flexibility index (Phi) is 7.78. The molecule has 2 fully saturated rings. The number of nitrogens with two attached hydrogens (primary N) is 1. The van der Waals surface area contributed by atoms with E-state index < -0.39 is 27.3 Å². The molecule has 1 saturated carbocycles. The largest absolute Gasteiger partial charge is 0.483 e. The summed E-state index contributed by atoms with van der Waals surface area (Å²) < 4.78 is 74.5. The lowest BCUT2D eigenvalue weighted by Gasteiger charge is -2.36. The molecule has 3 aromatic rings. The lowest BCUT2D eigenvalue weighted by Crippen LogP contribution is -2.49. The fraction of sp³-hybridized carbons (Fsp3) is 0.407. The van der Waals surface area contributed by atoms with Crippen LogP contribution in [0.15, 0.2) is 59.5 Å². The number of aromatic nitrogens is 2. The molecule has 2 aliphatic rings. The summed E-state index contributed by atoms with van der Waals surface area (Å²) in [7, 11) is -3.61. The van der Waals surface area contributed by atoms with Crippen molar-refractivity contribution in [3.8, 4) is 11.4 Å². The maximum Gasteiger partial charge on any atom is 0.416 e. The van der Waals surface area contributed by atoms with E-state index in [1.165, 1.54) is 22.6 Å². The van der Waals surface area contributed by atoms with Gasteiger partial charge in [-0.2, -0.15) is 27.3 Å². The summed E-state index contributed by atoms with van der Waals surface area (Å²) in [6.07, 6.45) is 0.0802. The molecule has 5 rings (SSSR count). The average molecular weight is 578 g/mol. The molecule has 0 bridgehead atoms. The van der Waals surface area contributed by atoms with E-state index in [2.05, 4.69) is 5.10 Å². The van der Waals surface area contributed by atoms with Crippen LogP contribution in [-0.4, -0.2) is 54.8 Å². The molecule has 1 aromatic heterocycles. The molecule has 0 unspecified atom stereocenters. The lowest BCUT2D eigenvalue weighted by molar-refractivity contribution is -0.137. The number of hydrogen-bond donors (Lipinski definition) is 1. The Morgan fingerprint density at radius 3 is 2.38 bits per heavy atom. The standard InChI is InChI=1S/C27H30F3N5O4S/c28-27(29,30)20-6-4-8-22(16-20)35-26(36)25(39-23-9-1-2-10-23)24(17-32-35)33-11-13-34(14-12-33)40(37,38)18-19-5-3-7-21(31)15-19/h3-8,15-17,23H,1-2,9-14,18,31H2. The van der Waals surface area contributed by atoms with Gasteiger partial charge in [-0.05, 0) is 61.6 Å². The number of halogens is 3. The molecule has 40 heavy (non-hydrogen) atoms. The number of benzene rings is 2. The second-order valence-corrected chi connectivity index (χ2v) is 12.0. The molecule has 9 nitrogen and oxygen atoms in total. The molecule has 2 heterocycles. The predicted octanol–water partition coefficient (Wildman–Crippen LogP) is 3.81. The molecule has 0 atom stereocenters. The van der Waals surface area contributed by atoms with Crippen LogP contribution >= 0.6 is 0 Å². The molecule has 1 aliphatic heterocycles. The fourth-order valence-electron chi connectivity index (χ4n) is 5.13. The van der Waals surface area contributed by atoms with E-state index in [1.807, 2.05) is 4.90 Å². The zero-order valence-electron chi connectivity index (χ0n) is 21.7. The van der Waals surface area contributed by atoms with Gasteiger partial charge in [0.15, 0.2) is 0 Å². The van der Waals surface area contributed by atoms with Crippen LogP contribution < -0.4 is 20.9 Å². The van der Waals surface area contributed by atoms with Crippen molar-refractivity contribution in [3.05, 3.63) is 76.2 Å². The Morgan fingerprint density at radius 1 is 1.00 bits per heavy atom. The van der Waals surface area contributed by atoms with E-state index in [1.54, 1.807) is 24.3 Å². The van der Waals surface area contributed by atoms with Crippen LogP contribution in [0.1, 0.15) is 36.8 Å². The van der Waals surface area contributed by atoms with Gasteiger partial charge >= 0.3 is 11.7 Å². The predicted molar refractivity (Wildman–Crippen MR) is 145 cm³/mol. The summed E-state index contributed by atoms with van der Waals surface area (Å²) >= 11 is 0. The van der Waals surface area contributed by atoms with Crippen LogP contribution in [-0.2, 0) is 22.0 Å². The van der Waals surface area contributed by atoms with Crippen molar-refractivity contribution in [1.82, 2.24) is 14.1 Å². The van der Waals surface area contributed by atoms with E-state index >= 15 is 0 Å². The minimum atomic E-state index is -4.57. The van der Waals surface area contributed by atoms with Crippen molar-refractivity contribution in [2.24, 2.45) is 0 Å². The molecule has 1 saturated heterocycles. The molecule has 13 heteroatoms. The second kappa shape index (κ2) is 11.1.